The van der Waals surface area contributed by atoms with Crippen molar-refractivity contribution in [3.05, 3.63) is 102 Å². The Morgan fingerprint density at radius 1 is 0.897 bits per heavy atom. The van der Waals surface area contributed by atoms with E-state index in [4.69, 9.17) is 0 Å². The topological polar surface area (TPSA) is 34.9 Å². The summed E-state index contributed by atoms with van der Waals surface area (Å²) in [6.45, 7) is 0. The van der Waals surface area contributed by atoms with Crippen molar-refractivity contribution in [3.63, 3.8) is 0 Å². The number of hydrogen-bond donors (Lipinski definition) is 0. The van der Waals surface area contributed by atoms with Gasteiger partial charge in [0.1, 0.15) is 0 Å². The molecule has 0 aliphatic carbocycles. The molecule has 0 N–H and O–H groups in total. The zero-order valence-electron chi connectivity index (χ0n) is 15.3. The molecule has 1 atom stereocenters. The van der Waals surface area contributed by atoms with Gasteiger partial charge in [0.05, 0.1) is 23.3 Å². The maximum atomic E-state index is 13.0. The molecule has 0 spiro atoms. The Bertz CT molecular complexity index is 1130. The average Bonchev–Trinajstić information content (AvgIpc) is 3.16. The highest BCUT2D eigenvalue weighted by atomic mass is 19.4. The summed E-state index contributed by atoms with van der Waals surface area (Å²) >= 11 is 0. The quantitative estimate of drug-likeness (QED) is 0.394. The zero-order chi connectivity index (χ0) is 20.4. The van der Waals surface area contributed by atoms with Crippen molar-refractivity contribution in [3.8, 4) is 0 Å². The van der Waals surface area contributed by atoms with E-state index in [9.17, 15) is 18.0 Å². The summed E-state index contributed by atoms with van der Waals surface area (Å²) in [5.74, 6) is -0.102. The van der Waals surface area contributed by atoms with Crippen molar-refractivity contribution in [2.75, 3.05) is 0 Å². The number of halogens is 3. The molecule has 3 nitrogen and oxygen atoms in total. The molecule has 0 fully saturated rings. The van der Waals surface area contributed by atoms with Crippen molar-refractivity contribution in [1.82, 2.24) is 9.78 Å². The molecule has 0 aliphatic rings. The summed E-state index contributed by atoms with van der Waals surface area (Å²) in [6.07, 6.45) is -2.63. The summed E-state index contributed by atoms with van der Waals surface area (Å²) in [4.78, 5) is 12.9. The van der Waals surface area contributed by atoms with Gasteiger partial charge in [-0.2, -0.15) is 18.3 Å². The predicted octanol–water partition coefficient (Wildman–Crippen LogP) is 5.92. The number of aromatic nitrogens is 2. The van der Waals surface area contributed by atoms with Gasteiger partial charge in [-0.1, -0.05) is 60.7 Å². The molecule has 0 saturated carbocycles. The Morgan fingerprint density at radius 2 is 1.55 bits per heavy atom. The third-order valence-electron chi connectivity index (χ3n) is 4.90. The SMILES string of the molecule is O=C(CC(c1ccc(C(F)(F)F)cc1)n1ncc2ccccc21)c1ccccc1. The summed E-state index contributed by atoms with van der Waals surface area (Å²) < 4.78 is 40.6. The van der Waals surface area contributed by atoms with Crippen LogP contribution in [-0.2, 0) is 6.18 Å². The second-order valence-electron chi connectivity index (χ2n) is 6.78. The first-order valence-corrected chi connectivity index (χ1v) is 9.11. The molecule has 6 heteroatoms. The molecule has 4 rings (SSSR count). The number of alkyl halides is 3. The van der Waals surface area contributed by atoms with Crippen molar-refractivity contribution in [2.24, 2.45) is 0 Å². The smallest absolute Gasteiger partial charge is 0.294 e. The van der Waals surface area contributed by atoms with Crippen LogP contribution in [0.4, 0.5) is 13.2 Å². The molecule has 0 bridgehead atoms. The van der Waals surface area contributed by atoms with Gasteiger partial charge in [0.15, 0.2) is 5.78 Å². The number of rotatable bonds is 5. The van der Waals surface area contributed by atoms with E-state index in [-0.39, 0.29) is 12.2 Å². The Kier molecular flexibility index (Phi) is 4.92. The van der Waals surface area contributed by atoms with Gasteiger partial charge < -0.3 is 0 Å². The largest absolute Gasteiger partial charge is 0.416 e. The number of hydrogen-bond acceptors (Lipinski definition) is 2. The molecule has 146 valence electrons. The third kappa shape index (κ3) is 3.92. The molecule has 0 saturated heterocycles. The molecule has 4 aromatic rings. The first-order chi connectivity index (χ1) is 13.9. The Labute approximate surface area is 165 Å². The molecule has 0 radical (unpaired) electrons. The molecule has 0 amide bonds. The number of ketones is 1. The standard InChI is InChI=1S/C23H17F3N2O/c24-23(25,26)19-12-10-16(11-13-19)21(14-22(29)17-6-2-1-3-7-17)28-20-9-5-4-8-18(20)15-27-28/h1-13,15,21H,14H2. The predicted molar refractivity (Wildman–Crippen MR) is 105 cm³/mol. The lowest BCUT2D eigenvalue weighted by Crippen LogP contribution is -2.17. The van der Waals surface area contributed by atoms with Crippen molar-refractivity contribution in [2.45, 2.75) is 18.6 Å². The number of nitrogens with zero attached hydrogens (tertiary/aromatic N) is 2. The Hall–Kier alpha value is -3.41. The zero-order valence-corrected chi connectivity index (χ0v) is 15.3. The van der Waals surface area contributed by atoms with Crippen LogP contribution in [0.1, 0.15) is 33.9 Å². The van der Waals surface area contributed by atoms with Gasteiger partial charge in [-0.05, 0) is 23.8 Å². The van der Waals surface area contributed by atoms with Gasteiger partial charge in [0.2, 0.25) is 0 Å². The summed E-state index contributed by atoms with van der Waals surface area (Å²) in [7, 11) is 0. The van der Waals surface area contributed by atoms with Crippen molar-refractivity contribution < 1.29 is 18.0 Å². The van der Waals surface area contributed by atoms with Crippen LogP contribution in [0.2, 0.25) is 0 Å². The van der Waals surface area contributed by atoms with Crippen LogP contribution < -0.4 is 0 Å². The van der Waals surface area contributed by atoms with E-state index in [1.807, 2.05) is 30.3 Å². The molecule has 1 unspecified atom stereocenters. The minimum atomic E-state index is -4.41. The molecule has 3 aromatic carbocycles. The molecule has 1 heterocycles. The van der Waals surface area contributed by atoms with E-state index in [0.29, 0.717) is 11.1 Å². The molecule has 1 aromatic heterocycles. The molecular formula is C23H17F3N2O. The van der Waals surface area contributed by atoms with E-state index >= 15 is 0 Å². The highest BCUT2D eigenvalue weighted by Gasteiger charge is 2.30. The number of carbonyl (C=O) groups is 1. The van der Waals surface area contributed by atoms with E-state index < -0.39 is 17.8 Å². The fourth-order valence-corrected chi connectivity index (χ4v) is 3.40. The monoisotopic (exact) mass is 394 g/mol. The van der Waals surface area contributed by atoms with Gasteiger partial charge in [-0.25, -0.2) is 0 Å². The lowest BCUT2D eigenvalue weighted by molar-refractivity contribution is -0.137. The van der Waals surface area contributed by atoms with E-state index in [1.165, 1.54) is 12.1 Å². The Balaban J connectivity index is 1.76. The van der Waals surface area contributed by atoms with Crippen LogP contribution in [0, 0.1) is 0 Å². The van der Waals surface area contributed by atoms with Gasteiger partial charge in [0.25, 0.3) is 0 Å². The second-order valence-corrected chi connectivity index (χ2v) is 6.78. The number of fused-ring (bicyclic) bond motifs is 1. The van der Waals surface area contributed by atoms with Crippen LogP contribution in [-0.4, -0.2) is 15.6 Å². The average molecular weight is 394 g/mol. The van der Waals surface area contributed by atoms with E-state index in [2.05, 4.69) is 5.10 Å². The first-order valence-electron chi connectivity index (χ1n) is 9.11. The number of benzene rings is 3. The lowest BCUT2D eigenvalue weighted by atomic mass is 9.97. The number of Topliss-reactive ketones (excluding diaryl/α,β-unsaturated/α-hetero) is 1. The van der Waals surface area contributed by atoms with Crippen LogP contribution in [0.15, 0.2) is 85.1 Å². The van der Waals surface area contributed by atoms with Crippen molar-refractivity contribution >= 4 is 16.7 Å². The minimum absolute atomic E-state index is 0.0844. The molecule has 0 aliphatic heterocycles. The highest BCUT2D eigenvalue weighted by molar-refractivity contribution is 5.96. The number of para-hydroxylation sites is 1. The maximum Gasteiger partial charge on any atom is 0.416 e. The van der Waals surface area contributed by atoms with Gasteiger partial charge in [-0.15, -0.1) is 0 Å². The van der Waals surface area contributed by atoms with Crippen molar-refractivity contribution in [1.29, 1.82) is 0 Å². The fraction of sp³-hybridized carbons (Fsp3) is 0.130. The van der Waals surface area contributed by atoms with E-state index in [0.717, 1.165) is 23.0 Å². The van der Waals surface area contributed by atoms with E-state index in [1.54, 1.807) is 35.1 Å². The second kappa shape index (κ2) is 7.54. The minimum Gasteiger partial charge on any atom is -0.294 e. The Morgan fingerprint density at radius 3 is 2.24 bits per heavy atom. The van der Waals surface area contributed by atoms with Crippen LogP contribution in [0.3, 0.4) is 0 Å². The molecule has 29 heavy (non-hydrogen) atoms. The first kappa shape index (κ1) is 18.9. The van der Waals surface area contributed by atoms with Crippen LogP contribution in [0.5, 0.6) is 0 Å². The lowest BCUT2D eigenvalue weighted by Gasteiger charge is -2.19. The van der Waals surface area contributed by atoms with Gasteiger partial charge in [-0.3, -0.25) is 9.48 Å². The van der Waals surface area contributed by atoms with Crippen LogP contribution in [0.25, 0.3) is 10.9 Å². The summed E-state index contributed by atoms with van der Waals surface area (Å²) in [6, 6.07) is 20.8. The van der Waals surface area contributed by atoms with Gasteiger partial charge >= 0.3 is 6.18 Å². The highest BCUT2D eigenvalue weighted by Crippen LogP contribution is 2.32. The maximum absolute atomic E-state index is 13.0. The fourth-order valence-electron chi connectivity index (χ4n) is 3.40. The third-order valence-corrected chi connectivity index (χ3v) is 4.90. The van der Waals surface area contributed by atoms with Crippen LogP contribution >= 0.6 is 0 Å². The summed E-state index contributed by atoms with van der Waals surface area (Å²) in [5.41, 5.74) is 1.25. The summed E-state index contributed by atoms with van der Waals surface area (Å²) in [5, 5.41) is 5.33. The normalized spacial score (nSPS) is 12.8. The molecular weight excluding hydrogens is 377 g/mol. The van der Waals surface area contributed by atoms with Gasteiger partial charge in [0, 0.05) is 17.4 Å². The number of carbonyl (C=O) groups excluding carboxylic acids is 1.